The van der Waals surface area contributed by atoms with Crippen molar-refractivity contribution in [3.8, 4) is 6.07 Å². The summed E-state index contributed by atoms with van der Waals surface area (Å²) >= 11 is 0. The molecular weight excluding hydrogens is 329 g/mol. The number of ether oxygens (including phenoxy) is 1. The molecule has 1 atom stereocenters. The summed E-state index contributed by atoms with van der Waals surface area (Å²) in [6.07, 6.45) is 3.21. The average molecular weight is 349 g/mol. The Balaban J connectivity index is 2.68. The van der Waals surface area contributed by atoms with Crippen LogP contribution in [0.4, 0.5) is 0 Å². The van der Waals surface area contributed by atoms with E-state index in [9.17, 15) is 9.83 Å². The van der Waals surface area contributed by atoms with Crippen molar-refractivity contribution >= 4 is 7.60 Å². The number of nitrogens with two attached hydrogens (primary N) is 1. The third-order valence-electron chi connectivity index (χ3n) is 3.48. The molecule has 0 aliphatic carbocycles. The number of rotatable bonds is 6. The summed E-state index contributed by atoms with van der Waals surface area (Å²) in [4.78, 5) is 4.08. The molecule has 1 aliphatic rings. The number of allylic oxidation sites excluding steroid dienone is 3. The first-order valence-corrected chi connectivity index (χ1v) is 9.10. The van der Waals surface area contributed by atoms with Gasteiger partial charge >= 0.3 is 7.60 Å². The normalized spacial score (nSPS) is 18.3. The summed E-state index contributed by atoms with van der Waals surface area (Å²) in [6, 6.07) is 5.56. The highest BCUT2D eigenvalue weighted by Crippen LogP contribution is 2.64. The van der Waals surface area contributed by atoms with Crippen LogP contribution in [0.2, 0.25) is 0 Å². The van der Waals surface area contributed by atoms with Gasteiger partial charge in [0, 0.05) is 12.4 Å². The van der Waals surface area contributed by atoms with Crippen molar-refractivity contribution in [1.29, 1.82) is 5.26 Å². The molecule has 0 saturated heterocycles. The molecule has 1 aromatic rings. The largest absolute Gasteiger partial charge is 0.445 e. The van der Waals surface area contributed by atoms with Gasteiger partial charge in [-0.05, 0) is 32.4 Å². The van der Waals surface area contributed by atoms with E-state index in [4.69, 9.17) is 19.5 Å². The minimum Gasteiger partial charge on any atom is -0.445 e. The minimum atomic E-state index is -3.66. The van der Waals surface area contributed by atoms with E-state index in [2.05, 4.69) is 4.98 Å². The number of hydrogen-bond acceptors (Lipinski definition) is 7. The van der Waals surface area contributed by atoms with Gasteiger partial charge in [-0.2, -0.15) is 5.26 Å². The third kappa shape index (κ3) is 3.36. The predicted octanol–water partition coefficient (Wildman–Crippen LogP) is 3.39. The molecule has 2 N–H and O–H groups in total. The second-order valence-electron chi connectivity index (χ2n) is 4.99. The molecule has 1 aliphatic heterocycles. The molecule has 7 nitrogen and oxygen atoms in total. The number of aromatic nitrogens is 1. The Labute approximate surface area is 141 Å². The van der Waals surface area contributed by atoms with Gasteiger partial charge in [-0.1, -0.05) is 6.07 Å². The van der Waals surface area contributed by atoms with E-state index in [1.54, 1.807) is 45.3 Å². The van der Waals surface area contributed by atoms with Crippen LogP contribution in [-0.2, 0) is 18.3 Å². The van der Waals surface area contributed by atoms with Crippen LogP contribution in [-0.4, -0.2) is 18.2 Å². The smallest absolute Gasteiger partial charge is 0.361 e. The first-order chi connectivity index (χ1) is 11.5. The van der Waals surface area contributed by atoms with Gasteiger partial charge in [0.2, 0.25) is 5.88 Å². The number of pyridine rings is 1. The van der Waals surface area contributed by atoms with Gasteiger partial charge in [0.15, 0.2) is 0 Å². The van der Waals surface area contributed by atoms with Crippen LogP contribution in [0.5, 0.6) is 0 Å². The van der Waals surface area contributed by atoms with Crippen LogP contribution in [0.15, 0.2) is 47.1 Å². The van der Waals surface area contributed by atoms with Crippen molar-refractivity contribution in [2.75, 3.05) is 13.2 Å². The molecule has 8 heteroatoms. The second kappa shape index (κ2) is 7.63. The van der Waals surface area contributed by atoms with Crippen molar-refractivity contribution in [2.24, 2.45) is 5.73 Å². The van der Waals surface area contributed by atoms with Crippen LogP contribution >= 0.6 is 7.60 Å². The van der Waals surface area contributed by atoms with Crippen molar-refractivity contribution in [3.63, 3.8) is 0 Å². The molecule has 24 heavy (non-hydrogen) atoms. The maximum Gasteiger partial charge on any atom is 0.361 e. The maximum atomic E-state index is 13.4. The van der Waals surface area contributed by atoms with Gasteiger partial charge < -0.3 is 19.5 Å². The topological polar surface area (TPSA) is 107 Å². The molecule has 0 bridgehead atoms. The van der Waals surface area contributed by atoms with Crippen molar-refractivity contribution in [2.45, 2.75) is 26.7 Å². The zero-order valence-corrected chi connectivity index (χ0v) is 14.7. The average Bonchev–Trinajstić information content (AvgIpc) is 2.55. The lowest BCUT2D eigenvalue weighted by Crippen LogP contribution is -2.21. The Morgan fingerprint density at radius 3 is 2.58 bits per heavy atom. The van der Waals surface area contributed by atoms with Gasteiger partial charge in [-0.3, -0.25) is 9.55 Å². The highest BCUT2D eigenvalue weighted by molar-refractivity contribution is 7.58. The van der Waals surface area contributed by atoms with Crippen LogP contribution in [0.1, 0.15) is 32.3 Å². The summed E-state index contributed by atoms with van der Waals surface area (Å²) in [5.74, 6) is -0.404. The Kier molecular flexibility index (Phi) is 5.79. The highest BCUT2D eigenvalue weighted by Gasteiger charge is 2.44. The quantitative estimate of drug-likeness (QED) is 0.784. The standard InChI is InChI=1S/C16H20N3O4P/c1-4-21-24(20,22-5-2)15-11(3)23-16(18)13(9-17)14(15)12-7-6-8-19-10-12/h6-8,10,14H,4-5,18H2,1-3H3/t14-/m0/s1. The van der Waals surface area contributed by atoms with Crippen molar-refractivity contribution in [3.05, 3.63) is 52.6 Å². The van der Waals surface area contributed by atoms with E-state index in [-0.39, 0.29) is 30.0 Å². The first kappa shape index (κ1) is 18.2. The lowest BCUT2D eigenvalue weighted by Gasteiger charge is -2.31. The Morgan fingerprint density at radius 2 is 2.08 bits per heavy atom. The van der Waals surface area contributed by atoms with E-state index in [0.717, 1.165) is 0 Å². The van der Waals surface area contributed by atoms with Gasteiger partial charge in [-0.15, -0.1) is 0 Å². The monoisotopic (exact) mass is 349 g/mol. The van der Waals surface area contributed by atoms with E-state index in [0.29, 0.717) is 11.3 Å². The maximum absolute atomic E-state index is 13.4. The summed E-state index contributed by atoms with van der Waals surface area (Å²) in [5.41, 5.74) is 6.69. The summed E-state index contributed by atoms with van der Waals surface area (Å²) < 4.78 is 29.7. The number of nitriles is 1. The molecule has 2 heterocycles. The van der Waals surface area contributed by atoms with Crippen LogP contribution in [0.25, 0.3) is 0 Å². The third-order valence-corrected chi connectivity index (χ3v) is 5.84. The minimum absolute atomic E-state index is 0.0212. The molecule has 128 valence electrons. The second-order valence-corrected chi connectivity index (χ2v) is 6.98. The predicted molar refractivity (Wildman–Crippen MR) is 88.4 cm³/mol. The van der Waals surface area contributed by atoms with Crippen LogP contribution < -0.4 is 5.73 Å². The zero-order chi connectivity index (χ0) is 17.7. The van der Waals surface area contributed by atoms with Crippen molar-refractivity contribution in [1.82, 2.24) is 4.98 Å². The van der Waals surface area contributed by atoms with Crippen molar-refractivity contribution < 1.29 is 18.3 Å². The van der Waals surface area contributed by atoms with Gasteiger partial charge in [0.1, 0.15) is 17.4 Å². The summed E-state index contributed by atoms with van der Waals surface area (Å²) in [5, 5.41) is 9.82. The molecule has 1 aromatic heterocycles. The van der Waals surface area contributed by atoms with Crippen LogP contribution in [0.3, 0.4) is 0 Å². The van der Waals surface area contributed by atoms with E-state index in [1.165, 1.54) is 0 Å². The SMILES string of the molecule is CCOP(=O)(OCC)C1=C(C)OC(N)=C(C#N)[C@@H]1c1cccnc1. The molecule has 0 spiro atoms. The van der Waals surface area contributed by atoms with E-state index in [1.807, 2.05) is 6.07 Å². The van der Waals surface area contributed by atoms with Gasteiger partial charge in [0.25, 0.3) is 0 Å². The molecular formula is C16H20N3O4P. The van der Waals surface area contributed by atoms with E-state index >= 15 is 0 Å². The Hall–Kier alpha value is -2.13. The fourth-order valence-electron chi connectivity index (χ4n) is 2.61. The van der Waals surface area contributed by atoms with Gasteiger partial charge in [-0.25, -0.2) is 0 Å². The molecule has 0 fully saturated rings. The molecule has 2 rings (SSSR count). The first-order valence-electron chi connectivity index (χ1n) is 7.56. The highest BCUT2D eigenvalue weighted by atomic mass is 31.2. The molecule has 0 radical (unpaired) electrons. The van der Waals surface area contributed by atoms with Gasteiger partial charge in [0.05, 0.1) is 24.4 Å². The lowest BCUT2D eigenvalue weighted by molar-refractivity contribution is 0.218. The summed E-state index contributed by atoms with van der Waals surface area (Å²) in [6.45, 7) is 5.45. The molecule has 0 aromatic carbocycles. The number of hydrogen-bond donors (Lipinski definition) is 1. The van der Waals surface area contributed by atoms with E-state index < -0.39 is 13.5 Å². The molecule has 0 amide bonds. The Bertz CT molecular complexity index is 742. The molecule has 0 saturated carbocycles. The fraction of sp³-hybridized carbons (Fsp3) is 0.375. The fourth-order valence-corrected chi connectivity index (χ4v) is 4.67. The zero-order valence-electron chi connectivity index (χ0n) is 13.9. The van der Waals surface area contributed by atoms with Crippen LogP contribution in [0, 0.1) is 11.3 Å². The molecule has 0 unspecified atom stereocenters. The summed E-state index contributed by atoms with van der Waals surface area (Å²) in [7, 11) is -3.66. The number of nitrogens with zero attached hydrogens (tertiary/aromatic N) is 2. The lowest BCUT2D eigenvalue weighted by atomic mass is 9.91. The Morgan fingerprint density at radius 1 is 1.42 bits per heavy atom.